The molecule has 0 aliphatic carbocycles. The lowest BCUT2D eigenvalue weighted by Crippen LogP contribution is -2.36. The molecule has 1 amide bonds. The summed E-state index contributed by atoms with van der Waals surface area (Å²) in [6.45, 7) is 2.28. The first kappa shape index (κ1) is 13.2. The zero-order chi connectivity index (χ0) is 13.8. The van der Waals surface area contributed by atoms with Crippen molar-refractivity contribution in [1.29, 1.82) is 0 Å². The van der Waals surface area contributed by atoms with Gasteiger partial charge in [0.1, 0.15) is 0 Å². The van der Waals surface area contributed by atoms with Gasteiger partial charge in [0.25, 0.3) is 0 Å². The van der Waals surface area contributed by atoms with E-state index in [0.29, 0.717) is 18.8 Å². The highest BCUT2D eigenvalue weighted by molar-refractivity contribution is 7.13. The van der Waals surface area contributed by atoms with Crippen LogP contribution in [0.5, 0.6) is 0 Å². The van der Waals surface area contributed by atoms with E-state index in [1.165, 1.54) is 11.2 Å². The monoisotopic (exact) mass is 291 g/mol. The summed E-state index contributed by atoms with van der Waals surface area (Å²) in [5.41, 5.74) is 0. The molecule has 3 heterocycles. The van der Waals surface area contributed by atoms with Gasteiger partial charge in [-0.25, -0.2) is 0 Å². The molecule has 0 spiro atoms. The molecule has 0 saturated carbocycles. The molecule has 0 unspecified atom stereocenters. The molecular formula is C13H17N5OS. The second kappa shape index (κ2) is 6.13. The van der Waals surface area contributed by atoms with Gasteiger partial charge in [0, 0.05) is 19.5 Å². The molecule has 1 aliphatic heterocycles. The van der Waals surface area contributed by atoms with Gasteiger partial charge >= 0.3 is 0 Å². The number of hydrogen-bond donors (Lipinski definition) is 0. The molecular weight excluding hydrogens is 274 g/mol. The van der Waals surface area contributed by atoms with Gasteiger partial charge in [-0.2, -0.15) is 4.80 Å². The number of carbonyl (C=O) groups is 1. The quantitative estimate of drug-likeness (QED) is 0.861. The van der Waals surface area contributed by atoms with Crippen LogP contribution in [0.15, 0.2) is 17.5 Å². The lowest BCUT2D eigenvalue weighted by Gasteiger charge is -2.26. The lowest BCUT2D eigenvalue weighted by atomic mass is 10.1. The number of aryl methyl sites for hydroxylation is 1. The molecule has 0 N–H and O–H groups in total. The molecule has 7 heteroatoms. The topological polar surface area (TPSA) is 63.9 Å². The number of thiophene rings is 1. The highest BCUT2D eigenvalue weighted by Crippen LogP contribution is 2.19. The number of aromatic nitrogens is 4. The number of nitrogens with zero attached hydrogens (tertiary/aromatic N) is 5. The van der Waals surface area contributed by atoms with Crippen molar-refractivity contribution in [3.05, 3.63) is 17.5 Å². The van der Waals surface area contributed by atoms with E-state index in [1.54, 1.807) is 11.3 Å². The minimum atomic E-state index is 0.194. The van der Waals surface area contributed by atoms with Gasteiger partial charge in [-0.15, -0.1) is 21.5 Å². The van der Waals surface area contributed by atoms with Crippen LogP contribution < -0.4 is 0 Å². The van der Waals surface area contributed by atoms with Crippen LogP contribution in [0, 0.1) is 0 Å². The standard InChI is InChI=1S/C13H17N5OS/c19-12(17-7-2-1-3-8-17)6-9-18-15-13(14-16-18)11-5-4-10-20-11/h4-5,10H,1-3,6-9H2. The second-order valence-corrected chi connectivity index (χ2v) is 5.83. The fourth-order valence-electron chi connectivity index (χ4n) is 2.34. The number of likely N-dealkylation sites (tertiary alicyclic amines) is 1. The number of amides is 1. The zero-order valence-electron chi connectivity index (χ0n) is 11.2. The van der Waals surface area contributed by atoms with Crippen molar-refractivity contribution in [3.8, 4) is 10.7 Å². The van der Waals surface area contributed by atoms with E-state index in [-0.39, 0.29) is 5.91 Å². The Morgan fingerprint density at radius 1 is 1.30 bits per heavy atom. The van der Waals surface area contributed by atoms with Gasteiger partial charge in [0.05, 0.1) is 11.4 Å². The van der Waals surface area contributed by atoms with Gasteiger partial charge in [-0.1, -0.05) is 6.07 Å². The Balaban J connectivity index is 1.54. The maximum absolute atomic E-state index is 12.0. The maximum Gasteiger partial charge on any atom is 0.224 e. The number of tetrazole rings is 1. The van der Waals surface area contributed by atoms with Crippen LogP contribution in [0.4, 0.5) is 0 Å². The highest BCUT2D eigenvalue weighted by Gasteiger charge is 2.16. The predicted octanol–water partition coefficient (Wildman–Crippen LogP) is 1.80. The fraction of sp³-hybridized carbons (Fsp3) is 0.538. The largest absolute Gasteiger partial charge is 0.343 e. The molecule has 1 fully saturated rings. The van der Waals surface area contributed by atoms with Crippen LogP contribution in [-0.2, 0) is 11.3 Å². The Bertz CT molecular complexity index is 559. The summed E-state index contributed by atoms with van der Waals surface area (Å²) >= 11 is 1.58. The number of rotatable bonds is 4. The van der Waals surface area contributed by atoms with Crippen molar-refractivity contribution in [2.45, 2.75) is 32.2 Å². The summed E-state index contributed by atoms with van der Waals surface area (Å²) in [5, 5.41) is 14.3. The Labute approximate surface area is 121 Å². The van der Waals surface area contributed by atoms with Crippen LogP contribution in [0.1, 0.15) is 25.7 Å². The van der Waals surface area contributed by atoms with Crippen LogP contribution in [0.25, 0.3) is 10.7 Å². The average molecular weight is 291 g/mol. The Morgan fingerprint density at radius 2 is 2.15 bits per heavy atom. The summed E-state index contributed by atoms with van der Waals surface area (Å²) in [5.74, 6) is 0.824. The van der Waals surface area contributed by atoms with Crippen molar-refractivity contribution < 1.29 is 4.79 Å². The van der Waals surface area contributed by atoms with Crippen molar-refractivity contribution in [2.75, 3.05) is 13.1 Å². The van der Waals surface area contributed by atoms with Crippen LogP contribution in [0.3, 0.4) is 0 Å². The molecule has 2 aromatic rings. The molecule has 0 atom stereocenters. The summed E-state index contributed by atoms with van der Waals surface area (Å²) in [7, 11) is 0. The molecule has 20 heavy (non-hydrogen) atoms. The molecule has 0 bridgehead atoms. The molecule has 106 valence electrons. The number of carbonyl (C=O) groups excluding carboxylic acids is 1. The van der Waals surface area contributed by atoms with Crippen molar-refractivity contribution >= 4 is 17.2 Å². The van der Waals surface area contributed by atoms with E-state index in [4.69, 9.17) is 0 Å². The minimum absolute atomic E-state index is 0.194. The highest BCUT2D eigenvalue weighted by atomic mass is 32.1. The first-order valence-electron chi connectivity index (χ1n) is 6.92. The molecule has 0 aromatic carbocycles. The normalized spacial score (nSPS) is 15.5. The van der Waals surface area contributed by atoms with E-state index in [9.17, 15) is 4.79 Å². The predicted molar refractivity (Wildman–Crippen MR) is 76.2 cm³/mol. The van der Waals surface area contributed by atoms with Crippen LogP contribution in [0.2, 0.25) is 0 Å². The van der Waals surface area contributed by atoms with Gasteiger partial charge < -0.3 is 4.90 Å². The smallest absolute Gasteiger partial charge is 0.224 e. The summed E-state index contributed by atoms with van der Waals surface area (Å²) in [4.78, 5) is 16.5. The third kappa shape index (κ3) is 3.04. The Morgan fingerprint density at radius 3 is 2.90 bits per heavy atom. The molecule has 6 nitrogen and oxygen atoms in total. The average Bonchev–Trinajstić information content (AvgIpc) is 3.16. The van der Waals surface area contributed by atoms with E-state index in [2.05, 4.69) is 15.4 Å². The third-order valence-corrected chi connectivity index (χ3v) is 4.29. The second-order valence-electron chi connectivity index (χ2n) is 4.88. The van der Waals surface area contributed by atoms with Gasteiger partial charge in [0.2, 0.25) is 11.7 Å². The summed E-state index contributed by atoms with van der Waals surface area (Å²) < 4.78 is 0. The summed E-state index contributed by atoms with van der Waals surface area (Å²) in [6, 6.07) is 3.92. The lowest BCUT2D eigenvalue weighted by molar-refractivity contribution is -0.132. The summed E-state index contributed by atoms with van der Waals surface area (Å²) in [6.07, 6.45) is 3.92. The number of hydrogen-bond acceptors (Lipinski definition) is 5. The first-order valence-corrected chi connectivity index (χ1v) is 7.80. The zero-order valence-corrected chi connectivity index (χ0v) is 12.1. The van der Waals surface area contributed by atoms with Gasteiger partial charge in [0.15, 0.2) is 0 Å². The Kier molecular flexibility index (Phi) is 4.05. The molecule has 0 radical (unpaired) electrons. The molecule has 1 saturated heterocycles. The maximum atomic E-state index is 12.0. The van der Waals surface area contributed by atoms with Crippen molar-refractivity contribution in [3.63, 3.8) is 0 Å². The van der Waals surface area contributed by atoms with Gasteiger partial charge in [-0.05, 0) is 35.9 Å². The molecule has 2 aromatic heterocycles. The van der Waals surface area contributed by atoms with Crippen molar-refractivity contribution in [2.24, 2.45) is 0 Å². The third-order valence-electron chi connectivity index (χ3n) is 3.43. The Hall–Kier alpha value is -1.76. The SMILES string of the molecule is O=C(CCn1nnc(-c2cccs2)n1)N1CCCCC1. The number of piperidine rings is 1. The minimum Gasteiger partial charge on any atom is -0.343 e. The van der Waals surface area contributed by atoms with E-state index in [0.717, 1.165) is 30.8 Å². The van der Waals surface area contributed by atoms with E-state index in [1.807, 2.05) is 22.4 Å². The van der Waals surface area contributed by atoms with Gasteiger partial charge in [-0.3, -0.25) is 4.79 Å². The van der Waals surface area contributed by atoms with Crippen LogP contribution in [-0.4, -0.2) is 44.1 Å². The van der Waals surface area contributed by atoms with E-state index >= 15 is 0 Å². The molecule has 1 aliphatic rings. The fourth-order valence-corrected chi connectivity index (χ4v) is 2.99. The first-order chi connectivity index (χ1) is 9.83. The molecule has 3 rings (SSSR count). The van der Waals surface area contributed by atoms with E-state index < -0.39 is 0 Å². The van der Waals surface area contributed by atoms with Crippen LogP contribution >= 0.6 is 11.3 Å². The van der Waals surface area contributed by atoms with Crippen molar-refractivity contribution in [1.82, 2.24) is 25.1 Å².